The first-order valence-electron chi connectivity index (χ1n) is 8.57. The third kappa shape index (κ3) is 1.38. The molecule has 0 amide bonds. The molecule has 1 aromatic carbocycles. The van der Waals surface area contributed by atoms with Crippen molar-refractivity contribution in [2.45, 2.75) is 56.4 Å². The average Bonchev–Trinajstić information content (AvgIpc) is 3.10. The predicted octanol–water partition coefficient (Wildman–Crippen LogP) is 3.68. The third-order valence-corrected chi connectivity index (χ3v) is 7.50. The van der Waals surface area contributed by atoms with Gasteiger partial charge in [0.2, 0.25) is 0 Å². The summed E-state index contributed by atoms with van der Waals surface area (Å²) in [6.45, 7) is 0. The van der Waals surface area contributed by atoms with Crippen molar-refractivity contribution in [3.63, 3.8) is 0 Å². The largest absolute Gasteiger partial charge is 0.412 e. The van der Waals surface area contributed by atoms with Crippen LogP contribution in [0.5, 0.6) is 5.75 Å². The standard InChI is InChI=1S/C18H22N2O2/c19-22-12-2-4-13-11(9-12)1-3-15-14(13)5-7-17-10-18(17,20-21)8-6-16(15)17/h2,4,9,14-16H,1,3,5-8,10,19H2/t14?,15?,16?,17-,18-/m1/s1. The van der Waals surface area contributed by atoms with Crippen molar-refractivity contribution in [2.24, 2.45) is 28.3 Å². The van der Waals surface area contributed by atoms with E-state index >= 15 is 0 Å². The molecule has 1 spiro atoms. The summed E-state index contributed by atoms with van der Waals surface area (Å²) >= 11 is 0. The lowest BCUT2D eigenvalue weighted by atomic mass is 9.59. The maximum Gasteiger partial charge on any atom is 0.147 e. The molecule has 0 aliphatic heterocycles. The van der Waals surface area contributed by atoms with Crippen molar-refractivity contribution >= 4 is 0 Å². The van der Waals surface area contributed by atoms with E-state index in [1.807, 2.05) is 6.07 Å². The molecular weight excluding hydrogens is 276 g/mol. The molecule has 0 saturated heterocycles. The van der Waals surface area contributed by atoms with Gasteiger partial charge in [-0.1, -0.05) is 11.2 Å². The Morgan fingerprint density at radius 2 is 2.14 bits per heavy atom. The first-order valence-corrected chi connectivity index (χ1v) is 8.57. The van der Waals surface area contributed by atoms with Crippen LogP contribution in [-0.4, -0.2) is 5.54 Å². The molecule has 5 atom stereocenters. The second-order valence-corrected chi connectivity index (χ2v) is 7.93. The first-order chi connectivity index (χ1) is 10.7. The lowest BCUT2D eigenvalue weighted by Crippen LogP contribution is -2.37. The third-order valence-electron chi connectivity index (χ3n) is 7.50. The van der Waals surface area contributed by atoms with Gasteiger partial charge in [0.1, 0.15) is 11.3 Å². The minimum atomic E-state index is -0.167. The van der Waals surface area contributed by atoms with Gasteiger partial charge in [0.05, 0.1) is 0 Å². The van der Waals surface area contributed by atoms with E-state index in [2.05, 4.69) is 17.3 Å². The Labute approximate surface area is 130 Å². The highest BCUT2D eigenvalue weighted by atomic mass is 16.6. The second kappa shape index (κ2) is 4.10. The van der Waals surface area contributed by atoms with E-state index < -0.39 is 0 Å². The highest BCUT2D eigenvalue weighted by Gasteiger charge is 2.77. The van der Waals surface area contributed by atoms with E-state index in [9.17, 15) is 4.91 Å². The molecule has 0 radical (unpaired) electrons. The molecule has 4 aliphatic carbocycles. The number of nitroso groups, excluding NO2 is 1. The SMILES string of the molecule is NOc1ccc2c(c1)CCC1C2CC[C@]23C[C@]2(N=O)CCC13. The van der Waals surface area contributed by atoms with Gasteiger partial charge in [-0.25, -0.2) is 0 Å². The van der Waals surface area contributed by atoms with Gasteiger partial charge in [0.15, 0.2) is 0 Å². The van der Waals surface area contributed by atoms with Crippen LogP contribution < -0.4 is 10.7 Å². The molecule has 3 saturated carbocycles. The zero-order valence-electron chi connectivity index (χ0n) is 12.8. The van der Waals surface area contributed by atoms with Crippen LogP contribution in [-0.2, 0) is 6.42 Å². The van der Waals surface area contributed by atoms with Gasteiger partial charge in [-0.3, -0.25) is 0 Å². The molecule has 2 N–H and O–H groups in total. The molecule has 4 nitrogen and oxygen atoms in total. The number of benzene rings is 1. The van der Waals surface area contributed by atoms with Gasteiger partial charge >= 0.3 is 0 Å². The molecule has 0 bridgehead atoms. The maximum atomic E-state index is 11.4. The van der Waals surface area contributed by atoms with E-state index in [1.54, 1.807) is 0 Å². The number of nitrogens with two attached hydrogens (primary N) is 1. The normalized spacial score (nSPS) is 44.3. The van der Waals surface area contributed by atoms with Crippen molar-refractivity contribution < 1.29 is 4.84 Å². The number of fused-ring (bicyclic) bond motifs is 4. The van der Waals surface area contributed by atoms with Crippen LogP contribution in [0, 0.1) is 22.2 Å². The van der Waals surface area contributed by atoms with Crippen LogP contribution in [0.25, 0.3) is 0 Å². The van der Waals surface area contributed by atoms with Crippen LogP contribution in [0.15, 0.2) is 23.4 Å². The Morgan fingerprint density at radius 3 is 2.91 bits per heavy atom. The van der Waals surface area contributed by atoms with Gasteiger partial charge in [-0.15, -0.1) is 0 Å². The predicted molar refractivity (Wildman–Crippen MR) is 83.3 cm³/mol. The fraction of sp³-hybridized carbons (Fsp3) is 0.667. The summed E-state index contributed by atoms with van der Waals surface area (Å²) in [6, 6.07) is 6.33. The summed E-state index contributed by atoms with van der Waals surface area (Å²) in [4.78, 5) is 16.3. The summed E-state index contributed by atoms with van der Waals surface area (Å²) in [6.07, 6.45) is 8.09. The lowest BCUT2D eigenvalue weighted by molar-refractivity contribution is 0.103. The summed E-state index contributed by atoms with van der Waals surface area (Å²) in [7, 11) is 0. The van der Waals surface area contributed by atoms with Crippen LogP contribution >= 0.6 is 0 Å². The summed E-state index contributed by atoms with van der Waals surface area (Å²) in [5.74, 6) is 8.19. The molecule has 0 heterocycles. The first kappa shape index (κ1) is 13.1. The van der Waals surface area contributed by atoms with E-state index in [1.165, 1.54) is 36.8 Å². The monoisotopic (exact) mass is 298 g/mol. The van der Waals surface area contributed by atoms with Gasteiger partial charge < -0.3 is 4.84 Å². The fourth-order valence-corrected chi connectivity index (χ4v) is 6.51. The topological polar surface area (TPSA) is 64.7 Å². The zero-order chi connectivity index (χ0) is 14.9. The number of hydrogen-bond acceptors (Lipinski definition) is 4. The quantitative estimate of drug-likeness (QED) is 0.669. The minimum Gasteiger partial charge on any atom is -0.412 e. The van der Waals surface area contributed by atoms with Crippen LogP contribution in [0.2, 0.25) is 0 Å². The zero-order valence-corrected chi connectivity index (χ0v) is 12.8. The summed E-state index contributed by atoms with van der Waals surface area (Å²) in [5.41, 5.74) is 3.03. The van der Waals surface area contributed by atoms with Crippen LogP contribution in [0.1, 0.15) is 55.6 Å². The van der Waals surface area contributed by atoms with Crippen molar-refractivity contribution in [2.75, 3.05) is 0 Å². The molecule has 0 aromatic heterocycles. The van der Waals surface area contributed by atoms with Crippen molar-refractivity contribution in [3.05, 3.63) is 34.2 Å². The molecule has 4 heteroatoms. The smallest absolute Gasteiger partial charge is 0.147 e. The summed E-state index contributed by atoms with van der Waals surface area (Å²) in [5, 5.41) is 3.59. The molecule has 5 rings (SSSR count). The van der Waals surface area contributed by atoms with Crippen LogP contribution in [0.3, 0.4) is 0 Å². The summed E-state index contributed by atoms with van der Waals surface area (Å²) < 4.78 is 0. The van der Waals surface area contributed by atoms with E-state index in [4.69, 9.17) is 10.7 Å². The number of rotatable bonds is 2. The Hall–Kier alpha value is -1.42. The second-order valence-electron chi connectivity index (χ2n) is 7.93. The van der Waals surface area contributed by atoms with Crippen molar-refractivity contribution in [1.82, 2.24) is 0 Å². The van der Waals surface area contributed by atoms with Crippen molar-refractivity contribution in [1.29, 1.82) is 0 Å². The van der Waals surface area contributed by atoms with Gasteiger partial charge in [-0.05, 0) is 86.0 Å². The van der Waals surface area contributed by atoms with Gasteiger partial charge in [0.25, 0.3) is 0 Å². The van der Waals surface area contributed by atoms with Crippen molar-refractivity contribution in [3.8, 4) is 5.75 Å². The highest BCUT2D eigenvalue weighted by Crippen LogP contribution is 2.78. The van der Waals surface area contributed by atoms with E-state index in [0.717, 1.165) is 36.8 Å². The van der Waals surface area contributed by atoms with Gasteiger partial charge in [-0.2, -0.15) is 10.8 Å². The Kier molecular flexibility index (Phi) is 2.44. The number of nitrogens with zero attached hydrogens (tertiary/aromatic N) is 1. The maximum absolute atomic E-state index is 11.4. The molecule has 116 valence electrons. The minimum absolute atomic E-state index is 0.167. The molecular formula is C18H22N2O2. The van der Waals surface area contributed by atoms with Crippen LogP contribution in [0.4, 0.5) is 0 Å². The molecule has 3 fully saturated rings. The van der Waals surface area contributed by atoms with E-state index in [-0.39, 0.29) is 11.0 Å². The average molecular weight is 298 g/mol. The number of hydrogen-bond donors (Lipinski definition) is 1. The lowest BCUT2D eigenvalue weighted by Gasteiger charge is -2.45. The fourth-order valence-electron chi connectivity index (χ4n) is 6.51. The van der Waals surface area contributed by atoms with Gasteiger partial charge in [0, 0.05) is 5.41 Å². The highest BCUT2D eigenvalue weighted by molar-refractivity contribution is 5.42. The Balaban J connectivity index is 1.50. The van der Waals surface area contributed by atoms with E-state index in [0.29, 0.717) is 5.92 Å². The molecule has 1 aromatic rings. The Morgan fingerprint density at radius 1 is 1.23 bits per heavy atom. The molecule has 3 unspecified atom stereocenters. The number of aryl methyl sites for hydroxylation is 1. The Bertz CT molecular complexity index is 660. The molecule has 4 aliphatic rings. The molecule has 22 heavy (non-hydrogen) atoms.